The average molecular weight is 537 g/mol. The molecule has 0 aliphatic heterocycles. The Morgan fingerprint density at radius 1 is 0.395 bits per heavy atom. The van der Waals surface area contributed by atoms with E-state index in [0.29, 0.717) is 13.2 Å². The van der Waals surface area contributed by atoms with E-state index in [1.165, 1.54) is 128 Å². The van der Waals surface area contributed by atoms with Crippen LogP contribution in [-0.2, 0) is 19.1 Å². The van der Waals surface area contributed by atoms with Crippen LogP contribution in [0.3, 0.4) is 0 Å². The molecule has 0 saturated carbocycles. The van der Waals surface area contributed by atoms with Crippen LogP contribution in [0, 0.1) is 0 Å². The second kappa shape index (κ2) is 31.9. The minimum absolute atomic E-state index is 0.214. The summed E-state index contributed by atoms with van der Waals surface area (Å²) in [5.41, 5.74) is 0. The summed E-state index contributed by atoms with van der Waals surface area (Å²) in [5.74, 6) is -0.427. The van der Waals surface area contributed by atoms with E-state index in [1.807, 2.05) is 0 Å². The smallest absolute Gasteiger partial charge is 0.309 e. The van der Waals surface area contributed by atoms with Crippen LogP contribution in [0.4, 0.5) is 0 Å². The summed E-state index contributed by atoms with van der Waals surface area (Å²) in [6.07, 6.45) is 35.0. The van der Waals surface area contributed by atoms with Crippen molar-refractivity contribution in [2.45, 2.75) is 181 Å². The highest BCUT2D eigenvalue weighted by Crippen LogP contribution is 2.13. The Labute approximate surface area is 237 Å². The molecule has 0 N–H and O–H groups in total. The van der Waals surface area contributed by atoms with E-state index in [2.05, 4.69) is 13.8 Å². The zero-order valence-electron chi connectivity index (χ0n) is 25.6. The third-order valence-corrected chi connectivity index (χ3v) is 7.26. The maximum atomic E-state index is 11.8. The van der Waals surface area contributed by atoms with Crippen LogP contribution in [-0.4, -0.2) is 25.2 Å². The van der Waals surface area contributed by atoms with Gasteiger partial charge in [-0.15, -0.1) is 0 Å². The molecule has 0 heterocycles. The van der Waals surface area contributed by atoms with Crippen LogP contribution >= 0.6 is 0 Å². The highest BCUT2D eigenvalue weighted by Gasteiger charge is 2.02. The van der Waals surface area contributed by atoms with Crippen molar-refractivity contribution in [1.82, 2.24) is 0 Å². The molecule has 0 unspecified atom stereocenters. The molecule has 4 nitrogen and oxygen atoms in total. The second-order valence-electron chi connectivity index (χ2n) is 11.1. The van der Waals surface area contributed by atoms with Gasteiger partial charge >= 0.3 is 11.9 Å². The average Bonchev–Trinajstić information content (AvgIpc) is 2.92. The standard InChI is InChI=1S/C34H64O4/c1-3-5-7-9-11-13-15-17-19-21-23-27-31-37-33(35)29-25-26-30-34(36)38-32-28-24-22-20-18-16-14-12-10-8-6-4-2/h25-26H,3-24,27-32H2,1-2H3. The fourth-order valence-electron chi connectivity index (χ4n) is 4.74. The Balaban J connectivity index is 3.35. The molecule has 0 aromatic carbocycles. The molecule has 0 fully saturated rings. The van der Waals surface area contributed by atoms with Crippen molar-refractivity contribution >= 4 is 11.9 Å². The summed E-state index contributed by atoms with van der Waals surface area (Å²) in [6, 6.07) is 0. The Kier molecular flexibility index (Phi) is 30.8. The molecule has 0 atom stereocenters. The van der Waals surface area contributed by atoms with Gasteiger partial charge in [0, 0.05) is 0 Å². The predicted molar refractivity (Wildman–Crippen MR) is 162 cm³/mol. The molecule has 0 radical (unpaired) electrons. The zero-order valence-corrected chi connectivity index (χ0v) is 25.6. The Hall–Kier alpha value is -1.32. The first kappa shape index (κ1) is 36.7. The van der Waals surface area contributed by atoms with Gasteiger partial charge in [-0.25, -0.2) is 0 Å². The highest BCUT2D eigenvalue weighted by molar-refractivity contribution is 5.73. The normalized spacial score (nSPS) is 11.3. The third kappa shape index (κ3) is 30.9. The van der Waals surface area contributed by atoms with Gasteiger partial charge in [-0.05, 0) is 12.8 Å². The summed E-state index contributed by atoms with van der Waals surface area (Å²) in [4.78, 5) is 23.6. The van der Waals surface area contributed by atoms with E-state index in [-0.39, 0.29) is 24.8 Å². The van der Waals surface area contributed by atoms with E-state index < -0.39 is 0 Å². The molecule has 0 aromatic heterocycles. The van der Waals surface area contributed by atoms with Crippen molar-refractivity contribution in [3.05, 3.63) is 12.2 Å². The molecule has 0 aliphatic rings. The molecule has 0 aliphatic carbocycles. The lowest BCUT2D eigenvalue weighted by molar-refractivity contribution is -0.144. The first-order valence-corrected chi connectivity index (χ1v) is 16.7. The van der Waals surface area contributed by atoms with E-state index in [1.54, 1.807) is 12.2 Å². The Morgan fingerprint density at radius 2 is 0.632 bits per heavy atom. The SMILES string of the molecule is CCCCCCCCCCCCCCOC(=O)CC=CCC(=O)OCCCCCCCCCCCCCC. The molecule has 0 bridgehead atoms. The van der Waals surface area contributed by atoms with Crippen LogP contribution in [0.2, 0.25) is 0 Å². The lowest BCUT2D eigenvalue weighted by Crippen LogP contribution is -2.05. The first-order chi connectivity index (χ1) is 18.7. The number of carbonyl (C=O) groups is 2. The van der Waals surface area contributed by atoms with Crippen molar-refractivity contribution in [3.63, 3.8) is 0 Å². The van der Waals surface area contributed by atoms with E-state index in [0.717, 1.165) is 25.7 Å². The maximum absolute atomic E-state index is 11.8. The summed E-state index contributed by atoms with van der Waals surface area (Å²) >= 11 is 0. The highest BCUT2D eigenvalue weighted by atomic mass is 16.5. The van der Waals surface area contributed by atoms with Crippen molar-refractivity contribution in [3.8, 4) is 0 Å². The molecule has 0 aromatic rings. The third-order valence-electron chi connectivity index (χ3n) is 7.26. The zero-order chi connectivity index (χ0) is 27.8. The number of hydrogen-bond acceptors (Lipinski definition) is 4. The van der Waals surface area contributed by atoms with Gasteiger partial charge in [-0.2, -0.15) is 0 Å². The molecule has 224 valence electrons. The molecular formula is C34H64O4. The lowest BCUT2D eigenvalue weighted by atomic mass is 10.1. The summed E-state index contributed by atoms with van der Waals surface area (Å²) in [7, 11) is 0. The van der Waals surface area contributed by atoms with Gasteiger partial charge in [-0.3, -0.25) is 9.59 Å². The first-order valence-electron chi connectivity index (χ1n) is 16.7. The quantitative estimate of drug-likeness (QED) is 0.0520. The molecule has 0 spiro atoms. The summed E-state index contributed by atoms with van der Waals surface area (Å²) < 4.78 is 10.6. The number of unbranched alkanes of at least 4 members (excludes halogenated alkanes) is 22. The van der Waals surface area contributed by atoms with E-state index in [4.69, 9.17) is 9.47 Å². The van der Waals surface area contributed by atoms with Gasteiger partial charge in [0.15, 0.2) is 0 Å². The number of hydrogen-bond donors (Lipinski definition) is 0. The lowest BCUT2D eigenvalue weighted by Gasteiger charge is -2.05. The van der Waals surface area contributed by atoms with Crippen LogP contribution in [0.15, 0.2) is 12.2 Å². The monoisotopic (exact) mass is 536 g/mol. The molecule has 0 saturated heterocycles. The fourth-order valence-corrected chi connectivity index (χ4v) is 4.74. The Morgan fingerprint density at radius 3 is 0.895 bits per heavy atom. The van der Waals surface area contributed by atoms with Crippen LogP contribution in [0.1, 0.15) is 181 Å². The van der Waals surface area contributed by atoms with E-state index >= 15 is 0 Å². The predicted octanol–water partition coefficient (Wildman–Crippen LogP) is 10.8. The van der Waals surface area contributed by atoms with Gasteiger partial charge in [0.2, 0.25) is 0 Å². The van der Waals surface area contributed by atoms with Gasteiger partial charge in [-0.1, -0.05) is 167 Å². The van der Waals surface area contributed by atoms with Gasteiger partial charge < -0.3 is 9.47 Å². The second-order valence-corrected chi connectivity index (χ2v) is 11.1. The molecule has 4 heteroatoms. The Bertz CT molecular complexity index is 483. The topological polar surface area (TPSA) is 52.6 Å². The molecule has 0 amide bonds. The number of ether oxygens (including phenoxy) is 2. The summed E-state index contributed by atoms with van der Waals surface area (Å²) in [5, 5.41) is 0. The van der Waals surface area contributed by atoms with Crippen LogP contribution in [0.25, 0.3) is 0 Å². The minimum atomic E-state index is -0.214. The summed E-state index contributed by atoms with van der Waals surface area (Å²) in [6.45, 7) is 5.54. The van der Waals surface area contributed by atoms with Crippen molar-refractivity contribution < 1.29 is 19.1 Å². The minimum Gasteiger partial charge on any atom is -0.465 e. The van der Waals surface area contributed by atoms with Crippen molar-refractivity contribution in [2.75, 3.05) is 13.2 Å². The number of rotatable bonds is 30. The van der Waals surface area contributed by atoms with Crippen LogP contribution < -0.4 is 0 Å². The molecular weight excluding hydrogens is 472 g/mol. The number of carbonyl (C=O) groups excluding carboxylic acids is 2. The van der Waals surface area contributed by atoms with E-state index in [9.17, 15) is 9.59 Å². The van der Waals surface area contributed by atoms with Gasteiger partial charge in [0.1, 0.15) is 0 Å². The van der Waals surface area contributed by atoms with Crippen molar-refractivity contribution in [2.24, 2.45) is 0 Å². The maximum Gasteiger partial charge on any atom is 0.309 e. The van der Waals surface area contributed by atoms with Crippen molar-refractivity contribution in [1.29, 1.82) is 0 Å². The number of esters is 2. The molecule has 0 rings (SSSR count). The van der Waals surface area contributed by atoms with Gasteiger partial charge in [0.05, 0.1) is 26.1 Å². The van der Waals surface area contributed by atoms with Crippen LogP contribution in [0.5, 0.6) is 0 Å². The van der Waals surface area contributed by atoms with Gasteiger partial charge in [0.25, 0.3) is 0 Å². The molecule has 38 heavy (non-hydrogen) atoms. The fraction of sp³-hybridized carbons (Fsp3) is 0.882. The largest absolute Gasteiger partial charge is 0.465 e.